The van der Waals surface area contributed by atoms with Crippen molar-refractivity contribution in [2.45, 2.75) is 45.8 Å². The van der Waals surface area contributed by atoms with Gasteiger partial charge < -0.3 is 10.1 Å². The monoisotopic (exact) mass is 265 g/mol. The molecule has 0 aromatic heterocycles. The Morgan fingerprint density at radius 3 is 2.95 bits per heavy atom. The highest BCUT2D eigenvalue weighted by molar-refractivity contribution is 5.26. The minimum atomic E-state index is -0.146. The number of benzene rings is 1. The molecular formula is C16H24FNO. The molecule has 1 heterocycles. The van der Waals surface area contributed by atoms with Gasteiger partial charge >= 0.3 is 0 Å². The quantitative estimate of drug-likeness (QED) is 0.898. The van der Waals surface area contributed by atoms with Crippen molar-refractivity contribution < 1.29 is 9.13 Å². The molecule has 0 bridgehead atoms. The van der Waals surface area contributed by atoms with E-state index in [-0.39, 0.29) is 11.9 Å². The lowest BCUT2D eigenvalue weighted by Crippen LogP contribution is -2.35. The van der Waals surface area contributed by atoms with Crippen LogP contribution in [0, 0.1) is 18.7 Å². The average Bonchev–Trinajstić information content (AvgIpc) is 2.39. The van der Waals surface area contributed by atoms with Crippen LogP contribution in [0.4, 0.5) is 4.39 Å². The maximum Gasteiger partial charge on any atom is 0.129 e. The van der Waals surface area contributed by atoms with Crippen molar-refractivity contribution in [2.24, 2.45) is 5.92 Å². The van der Waals surface area contributed by atoms with Crippen LogP contribution in [0.25, 0.3) is 0 Å². The molecular weight excluding hydrogens is 241 g/mol. The molecule has 2 unspecified atom stereocenters. The van der Waals surface area contributed by atoms with E-state index < -0.39 is 0 Å². The fourth-order valence-electron chi connectivity index (χ4n) is 2.66. The number of ether oxygens (including phenoxy) is 1. The highest BCUT2D eigenvalue weighted by atomic mass is 19.1. The van der Waals surface area contributed by atoms with Crippen molar-refractivity contribution in [1.82, 2.24) is 5.32 Å². The van der Waals surface area contributed by atoms with Gasteiger partial charge in [0, 0.05) is 30.7 Å². The van der Waals surface area contributed by atoms with E-state index in [1.807, 2.05) is 19.1 Å². The molecule has 106 valence electrons. The van der Waals surface area contributed by atoms with Gasteiger partial charge in [0.2, 0.25) is 0 Å². The topological polar surface area (TPSA) is 21.3 Å². The van der Waals surface area contributed by atoms with Gasteiger partial charge in [-0.3, -0.25) is 0 Å². The lowest BCUT2D eigenvalue weighted by atomic mass is 9.88. The lowest BCUT2D eigenvalue weighted by molar-refractivity contribution is -0.0301. The smallest absolute Gasteiger partial charge is 0.129 e. The van der Waals surface area contributed by atoms with Crippen molar-refractivity contribution in [3.05, 3.63) is 35.1 Å². The minimum Gasteiger partial charge on any atom is -0.373 e. The van der Waals surface area contributed by atoms with E-state index in [4.69, 9.17) is 4.74 Å². The molecule has 2 atom stereocenters. The van der Waals surface area contributed by atoms with E-state index >= 15 is 0 Å². The Labute approximate surface area is 115 Å². The van der Waals surface area contributed by atoms with E-state index in [1.165, 1.54) is 0 Å². The van der Waals surface area contributed by atoms with Gasteiger partial charge in [-0.25, -0.2) is 4.39 Å². The standard InChI is InChI=1S/C16H24FNO/c1-11(2)18-10-13-5-4-8-19-16(13)14-9-12(3)6-7-15(14)17/h6-7,9,11,13,16,18H,4-5,8,10H2,1-3H3. The first kappa shape index (κ1) is 14.5. The predicted molar refractivity (Wildman–Crippen MR) is 75.7 cm³/mol. The SMILES string of the molecule is Cc1ccc(F)c(C2OCCCC2CNC(C)C)c1. The van der Waals surface area contributed by atoms with Crippen LogP contribution in [-0.4, -0.2) is 19.2 Å². The van der Waals surface area contributed by atoms with Crippen molar-refractivity contribution in [1.29, 1.82) is 0 Å². The van der Waals surface area contributed by atoms with Gasteiger partial charge in [0.15, 0.2) is 0 Å². The molecule has 1 aromatic carbocycles. The summed E-state index contributed by atoms with van der Waals surface area (Å²) in [5, 5.41) is 3.45. The van der Waals surface area contributed by atoms with Crippen LogP contribution < -0.4 is 5.32 Å². The van der Waals surface area contributed by atoms with Crippen LogP contribution in [0.15, 0.2) is 18.2 Å². The largest absolute Gasteiger partial charge is 0.373 e. The molecule has 19 heavy (non-hydrogen) atoms. The maximum absolute atomic E-state index is 14.0. The normalized spacial score (nSPS) is 23.8. The molecule has 0 aliphatic carbocycles. The molecule has 1 aliphatic rings. The maximum atomic E-state index is 14.0. The van der Waals surface area contributed by atoms with Gasteiger partial charge in [0.05, 0.1) is 6.10 Å². The number of rotatable bonds is 4. The van der Waals surface area contributed by atoms with Crippen LogP contribution in [0.1, 0.15) is 43.9 Å². The first-order valence-electron chi connectivity index (χ1n) is 7.19. The second-order valence-electron chi connectivity index (χ2n) is 5.78. The van der Waals surface area contributed by atoms with E-state index in [1.54, 1.807) is 6.07 Å². The molecule has 0 spiro atoms. The molecule has 1 aliphatic heterocycles. The van der Waals surface area contributed by atoms with Crippen LogP contribution in [0.2, 0.25) is 0 Å². The molecule has 1 fully saturated rings. The van der Waals surface area contributed by atoms with Gasteiger partial charge in [0.25, 0.3) is 0 Å². The second kappa shape index (κ2) is 6.49. The van der Waals surface area contributed by atoms with Gasteiger partial charge in [-0.05, 0) is 25.8 Å². The Morgan fingerprint density at radius 2 is 2.21 bits per heavy atom. The Morgan fingerprint density at radius 1 is 1.42 bits per heavy atom. The summed E-state index contributed by atoms with van der Waals surface area (Å²) in [6.07, 6.45) is 2.05. The highest BCUT2D eigenvalue weighted by Gasteiger charge is 2.29. The summed E-state index contributed by atoms with van der Waals surface area (Å²) < 4.78 is 19.9. The van der Waals surface area contributed by atoms with E-state index in [0.717, 1.165) is 37.1 Å². The lowest BCUT2D eigenvalue weighted by Gasteiger charge is -2.33. The van der Waals surface area contributed by atoms with Crippen LogP contribution in [0.5, 0.6) is 0 Å². The number of halogens is 1. The molecule has 2 rings (SSSR count). The van der Waals surface area contributed by atoms with Crippen LogP contribution >= 0.6 is 0 Å². The molecule has 0 saturated carbocycles. The van der Waals surface area contributed by atoms with Crippen LogP contribution in [0.3, 0.4) is 0 Å². The third-order valence-electron chi connectivity index (χ3n) is 3.69. The number of hydrogen-bond donors (Lipinski definition) is 1. The summed E-state index contributed by atoms with van der Waals surface area (Å²) >= 11 is 0. The molecule has 2 nitrogen and oxygen atoms in total. The van der Waals surface area contributed by atoms with Crippen molar-refractivity contribution in [3.8, 4) is 0 Å². The summed E-state index contributed by atoms with van der Waals surface area (Å²) in [6.45, 7) is 7.87. The van der Waals surface area contributed by atoms with Gasteiger partial charge in [-0.1, -0.05) is 31.5 Å². The van der Waals surface area contributed by atoms with Gasteiger partial charge in [-0.15, -0.1) is 0 Å². The summed E-state index contributed by atoms with van der Waals surface area (Å²) in [6, 6.07) is 5.73. The first-order chi connectivity index (χ1) is 9.08. The zero-order valence-electron chi connectivity index (χ0n) is 12.1. The summed E-state index contributed by atoms with van der Waals surface area (Å²) in [4.78, 5) is 0. The Balaban J connectivity index is 2.16. The number of aryl methyl sites for hydroxylation is 1. The second-order valence-corrected chi connectivity index (χ2v) is 5.78. The van der Waals surface area contributed by atoms with Crippen LogP contribution in [-0.2, 0) is 4.74 Å². The first-order valence-corrected chi connectivity index (χ1v) is 7.19. The van der Waals surface area contributed by atoms with E-state index in [0.29, 0.717) is 12.0 Å². The average molecular weight is 265 g/mol. The fourth-order valence-corrected chi connectivity index (χ4v) is 2.66. The summed E-state index contributed by atoms with van der Waals surface area (Å²) in [7, 11) is 0. The molecule has 1 N–H and O–H groups in total. The fraction of sp³-hybridized carbons (Fsp3) is 0.625. The summed E-state index contributed by atoms with van der Waals surface area (Å²) in [5.74, 6) is 0.208. The zero-order chi connectivity index (χ0) is 13.8. The predicted octanol–water partition coefficient (Wildman–Crippen LogP) is 3.60. The third-order valence-corrected chi connectivity index (χ3v) is 3.69. The molecule has 1 aromatic rings. The summed E-state index contributed by atoms with van der Waals surface area (Å²) in [5.41, 5.74) is 1.80. The van der Waals surface area contributed by atoms with Gasteiger partial charge in [-0.2, -0.15) is 0 Å². The highest BCUT2D eigenvalue weighted by Crippen LogP contribution is 2.35. The molecule has 0 amide bonds. The van der Waals surface area contributed by atoms with E-state index in [2.05, 4.69) is 19.2 Å². The minimum absolute atomic E-state index is 0.111. The van der Waals surface area contributed by atoms with Crippen molar-refractivity contribution >= 4 is 0 Å². The molecule has 3 heteroatoms. The Hall–Kier alpha value is -0.930. The Bertz CT molecular complexity index is 419. The molecule has 0 radical (unpaired) electrons. The number of hydrogen-bond acceptors (Lipinski definition) is 2. The van der Waals surface area contributed by atoms with Gasteiger partial charge in [0.1, 0.15) is 5.82 Å². The van der Waals surface area contributed by atoms with Crippen molar-refractivity contribution in [2.75, 3.05) is 13.2 Å². The zero-order valence-corrected chi connectivity index (χ0v) is 12.1. The molecule has 1 saturated heterocycles. The third kappa shape index (κ3) is 3.77. The van der Waals surface area contributed by atoms with Crippen molar-refractivity contribution in [3.63, 3.8) is 0 Å². The Kier molecular flexibility index (Phi) is 4.94. The number of nitrogens with one attached hydrogen (secondary N) is 1. The van der Waals surface area contributed by atoms with E-state index in [9.17, 15) is 4.39 Å².